The van der Waals surface area contributed by atoms with E-state index in [9.17, 15) is 14.4 Å². The summed E-state index contributed by atoms with van der Waals surface area (Å²) >= 11 is 0. The van der Waals surface area contributed by atoms with Gasteiger partial charge in [-0.15, -0.1) is 0 Å². The molecular formula is C28H46N4O6. The monoisotopic (exact) mass is 534 g/mol. The molecule has 38 heavy (non-hydrogen) atoms. The molecule has 0 spiro atoms. The van der Waals surface area contributed by atoms with Gasteiger partial charge in [0.2, 0.25) is 0 Å². The number of piperidine rings is 2. The van der Waals surface area contributed by atoms with Crippen LogP contribution in [-0.2, 0) is 20.8 Å². The van der Waals surface area contributed by atoms with Crippen LogP contribution in [0.1, 0.15) is 72.8 Å². The molecule has 3 rings (SSSR count). The van der Waals surface area contributed by atoms with E-state index in [1.165, 1.54) is 0 Å². The number of carbonyl (C=O) groups excluding carboxylic acids is 3. The highest BCUT2D eigenvalue weighted by Crippen LogP contribution is 2.14. The van der Waals surface area contributed by atoms with Crippen molar-refractivity contribution in [3.8, 4) is 0 Å². The second-order valence-electron chi connectivity index (χ2n) is 11.6. The number of ether oxygens (including phenoxy) is 3. The quantitative estimate of drug-likeness (QED) is 0.484. The van der Waals surface area contributed by atoms with Crippen LogP contribution in [0.4, 0.5) is 14.4 Å². The van der Waals surface area contributed by atoms with Crippen molar-refractivity contribution < 1.29 is 28.6 Å². The molecule has 2 aliphatic rings. The number of hydrogen-bond acceptors (Lipinski definition) is 7. The molecule has 0 radical (unpaired) electrons. The molecule has 0 saturated carbocycles. The number of benzene rings is 1. The lowest BCUT2D eigenvalue weighted by atomic mass is 10.1. The smallest absolute Gasteiger partial charge is 0.410 e. The van der Waals surface area contributed by atoms with E-state index in [0.29, 0.717) is 25.9 Å². The van der Waals surface area contributed by atoms with Gasteiger partial charge in [-0.2, -0.15) is 0 Å². The van der Waals surface area contributed by atoms with Gasteiger partial charge in [0.1, 0.15) is 17.8 Å². The first kappa shape index (κ1) is 31.2. The predicted molar refractivity (Wildman–Crippen MR) is 146 cm³/mol. The standard InChI is InChI=1S/C18H26N2O4.C10H20N2O2/c1-18(2,3)24-16(21)19-15-9-11-20(12-10-15)17(22)23-13-14-7-5-4-6-8-14;1-10(2,3)14-9(13)12-8-4-6-11-7-5-8/h4-8,15H,9-13H2,1-3H3,(H,19,21);8,11H,4-7H2,1-3H3,(H,12,13). The second kappa shape index (κ2) is 14.8. The molecule has 0 aromatic heterocycles. The number of amides is 3. The van der Waals surface area contributed by atoms with Crippen LogP contribution in [0.3, 0.4) is 0 Å². The number of likely N-dealkylation sites (tertiary alicyclic amines) is 1. The van der Waals surface area contributed by atoms with Crippen molar-refractivity contribution in [2.24, 2.45) is 0 Å². The van der Waals surface area contributed by atoms with Crippen molar-refractivity contribution >= 4 is 18.3 Å². The summed E-state index contributed by atoms with van der Waals surface area (Å²) in [6.45, 7) is 14.5. The van der Waals surface area contributed by atoms with Crippen LogP contribution in [-0.4, -0.2) is 72.6 Å². The Morgan fingerprint density at radius 3 is 1.76 bits per heavy atom. The molecule has 10 nitrogen and oxygen atoms in total. The molecule has 1 aromatic rings. The van der Waals surface area contributed by atoms with E-state index in [-0.39, 0.29) is 30.9 Å². The minimum Gasteiger partial charge on any atom is -0.445 e. The zero-order valence-corrected chi connectivity index (χ0v) is 23.8. The lowest BCUT2D eigenvalue weighted by Crippen LogP contribution is -2.47. The zero-order valence-electron chi connectivity index (χ0n) is 23.8. The molecule has 2 fully saturated rings. The van der Waals surface area contributed by atoms with Crippen LogP contribution >= 0.6 is 0 Å². The molecule has 0 atom stereocenters. The first-order valence-electron chi connectivity index (χ1n) is 13.5. The van der Waals surface area contributed by atoms with Crippen LogP contribution in [0.15, 0.2) is 30.3 Å². The second-order valence-corrected chi connectivity index (χ2v) is 11.6. The third-order valence-corrected chi connectivity index (χ3v) is 5.74. The molecular weight excluding hydrogens is 488 g/mol. The highest BCUT2D eigenvalue weighted by atomic mass is 16.6. The Morgan fingerprint density at radius 2 is 1.29 bits per heavy atom. The Morgan fingerprint density at radius 1 is 0.816 bits per heavy atom. The van der Waals surface area contributed by atoms with E-state index in [1.54, 1.807) is 4.90 Å². The SMILES string of the molecule is CC(C)(C)OC(=O)NC1CCN(C(=O)OCc2ccccc2)CC1.CC(C)(C)OC(=O)NC1CCNCC1. The normalized spacial score (nSPS) is 16.9. The van der Waals surface area contributed by atoms with Gasteiger partial charge in [-0.25, -0.2) is 14.4 Å². The van der Waals surface area contributed by atoms with Gasteiger partial charge in [0, 0.05) is 25.2 Å². The third kappa shape index (κ3) is 13.5. The van der Waals surface area contributed by atoms with Crippen molar-refractivity contribution in [2.45, 2.75) is 97.1 Å². The summed E-state index contributed by atoms with van der Waals surface area (Å²) in [7, 11) is 0. The van der Waals surface area contributed by atoms with Crippen molar-refractivity contribution in [3.63, 3.8) is 0 Å². The summed E-state index contributed by atoms with van der Waals surface area (Å²) in [5, 5.41) is 8.97. The number of hydrogen-bond donors (Lipinski definition) is 3. The largest absolute Gasteiger partial charge is 0.445 e. The third-order valence-electron chi connectivity index (χ3n) is 5.74. The first-order valence-corrected chi connectivity index (χ1v) is 13.5. The first-order chi connectivity index (χ1) is 17.8. The fraction of sp³-hybridized carbons (Fsp3) is 0.679. The molecule has 10 heteroatoms. The average molecular weight is 535 g/mol. The molecule has 214 valence electrons. The summed E-state index contributed by atoms with van der Waals surface area (Å²) in [6.07, 6.45) is 2.34. The predicted octanol–water partition coefficient (Wildman–Crippen LogP) is 4.58. The van der Waals surface area contributed by atoms with Crippen LogP contribution in [0.25, 0.3) is 0 Å². The van der Waals surface area contributed by atoms with E-state index in [4.69, 9.17) is 14.2 Å². The summed E-state index contributed by atoms with van der Waals surface area (Å²) in [5.41, 5.74) is 0.0515. The van der Waals surface area contributed by atoms with Crippen molar-refractivity contribution in [3.05, 3.63) is 35.9 Å². The van der Waals surface area contributed by atoms with Gasteiger partial charge in [-0.3, -0.25) is 0 Å². The molecule has 2 saturated heterocycles. The molecule has 2 aliphatic heterocycles. The van der Waals surface area contributed by atoms with Crippen LogP contribution in [0.5, 0.6) is 0 Å². The highest BCUT2D eigenvalue weighted by Gasteiger charge is 2.26. The van der Waals surface area contributed by atoms with Gasteiger partial charge in [0.25, 0.3) is 0 Å². The number of nitrogens with zero attached hydrogens (tertiary/aromatic N) is 1. The van der Waals surface area contributed by atoms with Gasteiger partial charge >= 0.3 is 18.3 Å². The Balaban J connectivity index is 0.000000308. The van der Waals surface area contributed by atoms with Crippen LogP contribution < -0.4 is 16.0 Å². The minimum absolute atomic E-state index is 0.0259. The Hall–Kier alpha value is -3.01. The molecule has 3 amide bonds. The van der Waals surface area contributed by atoms with E-state index < -0.39 is 17.3 Å². The summed E-state index contributed by atoms with van der Waals surface area (Å²) in [5.74, 6) is 0. The maximum atomic E-state index is 12.1. The van der Waals surface area contributed by atoms with Crippen LogP contribution in [0, 0.1) is 0 Å². The van der Waals surface area contributed by atoms with E-state index in [2.05, 4.69) is 16.0 Å². The van der Waals surface area contributed by atoms with E-state index in [1.807, 2.05) is 71.9 Å². The lowest BCUT2D eigenvalue weighted by Gasteiger charge is -2.32. The molecule has 0 aliphatic carbocycles. The maximum Gasteiger partial charge on any atom is 0.410 e. The Labute approximate surface area is 227 Å². The highest BCUT2D eigenvalue weighted by molar-refractivity contribution is 5.69. The zero-order chi connectivity index (χ0) is 28.2. The van der Waals surface area contributed by atoms with Crippen molar-refractivity contribution in [2.75, 3.05) is 26.2 Å². The summed E-state index contributed by atoms with van der Waals surface area (Å²) in [6, 6.07) is 9.89. The Bertz CT molecular complexity index is 868. The van der Waals surface area contributed by atoms with Crippen molar-refractivity contribution in [1.82, 2.24) is 20.9 Å². The summed E-state index contributed by atoms with van der Waals surface area (Å²) in [4.78, 5) is 36.9. The fourth-order valence-corrected chi connectivity index (χ4v) is 3.93. The molecule has 3 N–H and O–H groups in total. The number of alkyl carbamates (subject to hydrolysis) is 2. The topological polar surface area (TPSA) is 118 Å². The number of carbonyl (C=O) groups is 3. The van der Waals surface area contributed by atoms with E-state index in [0.717, 1.165) is 31.5 Å². The van der Waals surface area contributed by atoms with E-state index >= 15 is 0 Å². The Kier molecular flexibility index (Phi) is 12.2. The maximum absolute atomic E-state index is 12.1. The van der Waals surface area contributed by atoms with Gasteiger partial charge in [0.05, 0.1) is 0 Å². The van der Waals surface area contributed by atoms with Crippen molar-refractivity contribution in [1.29, 1.82) is 0 Å². The summed E-state index contributed by atoms with van der Waals surface area (Å²) < 4.78 is 15.7. The average Bonchev–Trinajstić information content (AvgIpc) is 2.82. The van der Waals surface area contributed by atoms with Gasteiger partial charge < -0.3 is 35.1 Å². The number of rotatable bonds is 4. The lowest BCUT2D eigenvalue weighted by molar-refractivity contribution is 0.0465. The molecule has 1 aromatic carbocycles. The van der Waals surface area contributed by atoms with Gasteiger partial charge in [0.15, 0.2) is 0 Å². The molecule has 0 bridgehead atoms. The molecule has 2 heterocycles. The number of nitrogens with one attached hydrogen (secondary N) is 3. The van der Waals surface area contributed by atoms with Gasteiger partial charge in [-0.1, -0.05) is 30.3 Å². The minimum atomic E-state index is -0.508. The van der Waals surface area contributed by atoms with Crippen LogP contribution in [0.2, 0.25) is 0 Å². The fourth-order valence-electron chi connectivity index (χ4n) is 3.93. The van der Waals surface area contributed by atoms with Gasteiger partial charge in [-0.05, 0) is 85.9 Å². The molecule has 0 unspecified atom stereocenters.